The zero-order chi connectivity index (χ0) is 16.5. The summed E-state index contributed by atoms with van der Waals surface area (Å²) in [7, 11) is -2.77. The maximum absolute atomic E-state index is 13.3. The van der Waals surface area contributed by atoms with Crippen LogP contribution in [0.2, 0.25) is 0 Å². The summed E-state index contributed by atoms with van der Waals surface area (Å²) in [5.74, 6) is -0.574. The number of nitro benzene ring substituents is 1. The average Bonchev–Trinajstić information content (AvgIpc) is 2.46. The molecule has 116 valence electrons. The molecule has 0 aromatic heterocycles. The second-order valence-corrected chi connectivity index (χ2v) is 6.60. The Morgan fingerprint density at radius 3 is 2.45 bits per heavy atom. The molecule has 2 rings (SSSR count). The van der Waals surface area contributed by atoms with Crippen LogP contribution in [0.1, 0.15) is 5.56 Å². The lowest BCUT2D eigenvalue weighted by Gasteiger charge is -2.20. The first-order chi connectivity index (χ1) is 10.2. The third kappa shape index (κ3) is 2.91. The molecule has 0 unspecified atom stereocenters. The van der Waals surface area contributed by atoms with Gasteiger partial charge in [-0.2, -0.15) is 0 Å². The predicted octanol–water partition coefficient (Wildman–Crippen LogP) is 2.87. The standard InChI is InChI=1S/C14H13FN2O4S/c1-10-6-7-13(17(18)19)9-14(10)22(20,21)16(2)12-5-3-4-11(15)8-12/h3-9H,1-2H3. The summed E-state index contributed by atoms with van der Waals surface area (Å²) in [5, 5.41) is 10.8. The molecule has 0 bridgehead atoms. The Balaban J connectivity index is 2.55. The third-order valence-electron chi connectivity index (χ3n) is 3.19. The van der Waals surface area contributed by atoms with E-state index >= 15 is 0 Å². The van der Waals surface area contributed by atoms with Gasteiger partial charge in [0.05, 0.1) is 15.5 Å². The van der Waals surface area contributed by atoms with Crippen LogP contribution in [0.5, 0.6) is 0 Å². The molecule has 6 nitrogen and oxygen atoms in total. The predicted molar refractivity (Wildman–Crippen MR) is 79.8 cm³/mol. The lowest BCUT2D eigenvalue weighted by molar-refractivity contribution is -0.385. The molecule has 0 aliphatic heterocycles. The van der Waals surface area contributed by atoms with E-state index in [9.17, 15) is 22.9 Å². The SMILES string of the molecule is Cc1ccc([N+](=O)[O-])cc1S(=O)(=O)N(C)c1cccc(F)c1. The maximum atomic E-state index is 13.3. The molecule has 0 saturated carbocycles. The highest BCUT2D eigenvalue weighted by molar-refractivity contribution is 7.92. The fraction of sp³-hybridized carbons (Fsp3) is 0.143. The van der Waals surface area contributed by atoms with Gasteiger partial charge in [0.15, 0.2) is 0 Å². The Bertz CT molecular complexity index is 836. The summed E-state index contributed by atoms with van der Waals surface area (Å²) in [5.41, 5.74) is 0.177. The van der Waals surface area contributed by atoms with Gasteiger partial charge in [-0.15, -0.1) is 0 Å². The number of hydrogen-bond acceptors (Lipinski definition) is 4. The van der Waals surface area contributed by atoms with E-state index in [-0.39, 0.29) is 16.3 Å². The molecule has 0 N–H and O–H groups in total. The molecule has 0 fully saturated rings. The number of anilines is 1. The lowest BCUT2D eigenvalue weighted by atomic mass is 10.2. The first-order valence-corrected chi connectivity index (χ1v) is 7.67. The van der Waals surface area contributed by atoms with E-state index in [0.29, 0.717) is 5.56 Å². The first-order valence-electron chi connectivity index (χ1n) is 6.23. The molecular weight excluding hydrogens is 311 g/mol. The summed E-state index contributed by atoms with van der Waals surface area (Å²) >= 11 is 0. The van der Waals surface area contributed by atoms with Gasteiger partial charge < -0.3 is 0 Å². The fourth-order valence-corrected chi connectivity index (χ4v) is 3.37. The molecule has 0 saturated heterocycles. The van der Waals surface area contributed by atoms with Crippen LogP contribution in [-0.2, 0) is 10.0 Å². The number of benzene rings is 2. The van der Waals surface area contributed by atoms with Gasteiger partial charge in [-0.05, 0) is 30.7 Å². The second-order valence-electron chi connectivity index (χ2n) is 4.66. The van der Waals surface area contributed by atoms with E-state index in [1.54, 1.807) is 0 Å². The summed E-state index contributed by atoms with van der Waals surface area (Å²) < 4.78 is 39.4. The van der Waals surface area contributed by atoms with Crippen LogP contribution >= 0.6 is 0 Å². The highest BCUT2D eigenvalue weighted by Crippen LogP contribution is 2.27. The van der Waals surface area contributed by atoms with Crippen molar-refractivity contribution in [1.82, 2.24) is 0 Å². The zero-order valence-corrected chi connectivity index (χ0v) is 12.7. The van der Waals surface area contributed by atoms with Gasteiger partial charge in [-0.3, -0.25) is 14.4 Å². The Kier molecular flexibility index (Phi) is 4.14. The topological polar surface area (TPSA) is 80.5 Å². The molecular formula is C14H13FN2O4S. The van der Waals surface area contributed by atoms with Crippen molar-refractivity contribution in [2.45, 2.75) is 11.8 Å². The second kappa shape index (κ2) is 5.72. The minimum absolute atomic E-state index is 0.130. The van der Waals surface area contributed by atoms with Crippen molar-refractivity contribution in [3.63, 3.8) is 0 Å². The third-order valence-corrected chi connectivity index (χ3v) is 5.12. The number of sulfonamides is 1. The van der Waals surface area contributed by atoms with Gasteiger partial charge >= 0.3 is 0 Å². The molecule has 0 spiro atoms. The first kappa shape index (κ1) is 15.9. The summed E-state index contributed by atoms with van der Waals surface area (Å²) in [6.45, 7) is 1.54. The van der Waals surface area contributed by atoms with Crippen LogP contribution in [0, 0.1) is 22.9 Å². The van der Waals surface area contributed by atoms with Crippen LogP contribution in [0.25, 0.3) is 0 Å². The normalized spacial score (nSPS) is 11.2. The van der Waals surface area contributed by atoms with Crippen molar-refractivity contribution in [2.24, 2.45) is 0 Å². The molecule has 0 aliphatic carbocycles. The van der Waals surface area contributed by atoms with E-state index in [1.165, 1.54) is 44.3 Å². The van der Waals surface area contributed by atoms with Crippen LogP contribution in [-0.4, -0.2) is 20.4 Å². The van der Waals surface area contributed by atoms with Gasteiger partial charge in [-0.25, -0.2) is 12.8 Å². The Hall–Kier alpha value is -2.48. The van der Waals surface area contributed by atoms with E-state index in [1.807, 2.05) is 0 Å². The molecule has 2 aromatic rings. The Morgan fingerprint density at radius 2 is 1.86 bits per heavy atom. The number of nitrogens with zero attached hydrogens (tertiary/aromatic N) is 2. The zero-order valence-electron chi connectivity index (χ0n) is 11.9. The lowest BCUT2D eigenvalue weighted by Crippen LogP contribution is -2.27. The Labute approximate surface area is 127 Å². The minimum Gasteiger partial charge on any atom is -0.269 e. The van der Waals surface area contributed by atoms with Crippen molar-refractivity contribution < 1.29 is 17.7 Å². The molecule has 22 heavy (non-hydrogen) atoms. The van der Waals surface area contributed by atoms with Crippen LogP contribution in [0.3, 0.4) is 0 Å². The molecule has 0 amide bonds. The van der Waals surface area contributed by atoms with Crippen molar-refractivity contribution in [3.05, 3.63) is 64.0 Å². The van der Waals surface area contributed by atoms with Gasteiger partial charge in [-0.1, -0.05) is 12.1 Å². The van der Waals surface area contributed by atoms with Crippen LogP contribution in [0.15, 0.2) is 47.4 Å². The maximum Gasteiger partial charge on any atom is 0.270 e. The summed E-state index contributed by atoms with van der Waals surface area (Å²) in [6, 6.07) is 8.69. The summed E-state index contributed by atoms with van der Waals surface area (Å²) in [6.07, 6.45) is 0. The van der Waals surface area contributed by atoms with Gasteiger partial charge in [0.2, 0.25) is 0 Å². The number of nitro groups is 1. The van der Waals surface area contributed by atoms with Crippen molar-refractivity contribution in [3.8, 4) is 0 Å². The molecule has 0 atom stereocenters. The van der Waals surface area contributed by atoms with E-state index in [0.717, 1.165) is 16.4 Å². The van der Waals surface area contributed by atoms with Gasteiger partial charge in [0, 0.05) is 19.2 Å². The van der Waals surface area contributed by atoms with E-state index < -0.39 is 20.8 Å². The molecule has 0 radical (unpaired) electrons. The highest BCUT2D eigenvalue weighted by Gasteiger charge is 2.25. The fourth-order valence-electron chi connectivity index (χ4n) is 1.94. The number of hydrogen-bond donors (Lipinski definition) is 0. The number of non-ortho nitro benzene ring substituents is 1. The Morgan fingerprint density at radius 1 is 1.18 bits per heavy atom. The number of halogens is 1. The molecule has 8 heteroatoms. The van der Waals surface area contributed by atoms with E-state index in [2.05, 4.69) is 0 Å². The van der Waals surface area contributed by atoms with Gasteiger partial charge in [0.25, 0.3) is 15.7 Å². The molecule has 2 aromatic carbocycles. The van der Waals surface area contributed by atoms with E-state index in [4.69, 9.17) is 0 Å². The van der Waals surface area contributed by atoms with Crippen molar-refractivity contribution in [2.75, 3.05) is 11.4 Å². The van der Waals surface area contributed by atoms with Crippen LogP contribution in [0.4, 0.5) is 15.8 Å². The minimum atomic E-state index is -4.03. The monoisotopic (exact) mass is 324 g/mol. The van der Waals surface area contributed by atoms with Gasteiger partial charge in [0.1, 0.15) is 5.82 Å². The molecule has 0 heterocycles. The quantitative estimate of drug-likeness (QED) is 0.640. The smallest absolute Gasteiger partial charge is 0.269 e. The van der Waals surface area contributed by atoms with Crippen LogP contribution < -0.4 is 4.31 Å². The summed E-state index contributed by atoms with van der Waals surface area (Å²) in [4.78, 5) is 9.97. The van der Waals surface area contributed by atoms with Crippen molar-refractivity contribution >= 4 is 21.4 Å². The number of rotatable bonds is 4. The number of aryl methyl sites for hydroxylation is 1. The average molecular weight is 324 g/mol. The highest BCUT2D eigenvalue weighted by atomic mass is 32.2. The molecule has 0 aliphatic rings. The van der Waals surface area contributed by atoms with Crippen molar-refractivity contribution in [1.29, 1.82) is 0 Å². The largest absolute Gasteiger partial charge is 0.270 e.